The molecule has 2 N–H and O–H groups in total. The average Bonchev–Trinajstić information content (AvgIpc) is 3.33. The first-order valence-electron chi connectivity index (χ1n) is 9.19. The Morgan fingerprint density at radius 1 is 1.21 bits per heavy atom. The van der Waals surface area contributed by atoms with Crippen LogP contribution in [0.4, 0.5) is 5.69 Å². The van der Waals surface area contributed by atoms with Crippen LogP contribution in [-0.2, 0) is 4.79 Å². The molecule has 0 saturated carbocycles. The highest BCUT2D eigenvalue weighted by molar-refractivity contribution is 7.00. The van der Waals surface area contributed by atoms with Crippen LogP contribution in [0.1, 0.15) is 29.2 Å². The third kappa shape index (κ3) is 4.20. The Bertz CT molecular complexity index is 990. The lowest BCUT2D eigenvalue weighted by molar-refractivity contribution is -0.117. The number of carbonyl (C=O) groups is 2. The van der Waals surface area contributed by atoms with Gasteiger partial charge < -0.3 is 15.1 Å². The molecule has 0 bridgehead atoms. The molecular formula is C19H21N5O3S. The number of benzene rings is 1. The second-order valence-electron chi connectivity index (χ2n) is 6.92. The molecule has 0 atom stereocenters. The van der Waals surface area contributed by atoms with Crippen molar-refractivity contribution in [2.75, 3.05) is 25.0 Å². The maximum Gasteiger partial charge on any atom is 0.287 e. The van der Waals surface area contributed by atoms with Crippen molar-refractivity contribution >= 4 is 40.3 Å². The van der Waals surface area contributed by atoms with Crippen LogP contribution in [0.5, 0.6) is 0 Å². The molecule has 2 amide bonds. The molecule has 8 nitrogen and oxygen atoms in total. The number of nitrogens with one attached hydrogen (secondary N) is 2. The number of carbonyl (C=O) groups excluding carboxylic acids is 2. The van der Waals surface area contributed by atoms with Crippen molar-refractivity contribution in [1.29, 1.82) is 0 Å². The van der Waals surface area contributed by atoms with Crippen LogP contribution in [0, 0.1) is 6.92 Å². The van der Waals surface area contributed by atoms with Gasteiger partial charge in [-0.15, -0.1) is 0 Å². The van der Waals surface area contributed by atoms with Gasteiger partial charge in [-0.3, -0.25) is 14.5 Å². The highest BCUT2D eigenvalue weighted by Crippen LogP contribution is 2.21. The van der Waals surface area contributed by atoms with Gasteiger partial charge in [0.2, 0.25) is 5.91 Å². The molecule has 0 radical (unpaired) electrons. The zero-order valence-electron chi connectivity index (χ0n) is 15.5. The minimum absolute atomic E-state index is 0.0750. The van der Waals surface area contributed by atoms with E-state index >= 15 is 0 Å². The number of likely N-dealkylation sites (tertiary alicyclic amines) is 1. The number of furan rings is 1. The normalized spacial score (nSPS) is 15.6. The van der Waals surface area contributed by atoms with Crippen LogP contribution in [0.15, 0.2) is 34.7 Å². The first-order valence-corrected chi connectivity index (χ1v) is 9.92. The number of amides is 2. The van der Waals surface area contributed by atoms with Crippen molar-refractivity contribution < 1.29 is 14.0 Å². The molecule has 1 aliphatic rings. The quantitative estimate of drug-likeness (QED) is 0.683. The molecule has 0 unspecified atom stereocenters. The molecule has 1 aliphatic heterocycles. The van der Waals surface area contributed by atoms with Crippen LogP contribution in [-0.4, -0.2) is 51.1 Å². The Kier molecular flexibility index (Phi) is 5.36. The van der Waals surface area contributed by atoms with Crippen molar-refractivity contribution in [3.63, 3.8) is 0 Å². The molecule has 28 heavy (non-hydrogen) atoms. The third-order valence-corrected chi connectivity index (χ3v) is 5.36. The molecule has 1 aromatic carbocycles. The summed E-state index contributed by atoms with van der Waals surface area (Å²) in [6, 6.07) is 9.11. The molecule has 0 spiro atoms. The number of rotatable bonds is 5. The molecule has 1 fully saturated rings. The van der Waals surface area contributed by atoms with Gasteiger partial charge in [0.05, 0.1) is 24.0 Å². The fourth-order valence-electron chi connectivity index (χ4n) is 3.35. The highest BCUT2D eigenvalue weighted by Gasteiger charge is 2.23. The lowest BCUT2D eigenvalue weighted by Crippen LogP contribution is -2.46. The maximum absolute atomic E-state index is 12.4. The van der Waals surface area contributed by atoms with Crippen molar-refractivity contribution in [2.45, 2.75) is 25.8 Å². The summed E-state index contributed by atoms with van der Waals surface area (Å²) in [6.45, 7) is 3.62. The number of hydrogen-bond donors (Lipinski definition) is 2. The fourth-order valence-corrected chi connectivity index (χ4v) is 3.90. The number of anilines is 1. The summed E-state index contributed by atoms with van der Waals surface area (Å²) in [5, 5.41) is 5.93. The summed E-state index contributed by atoms with van der Waals surface area (Å²) in [5.41, 5.74) is 2.19. The smallest absolute Gasteiger partial charge is 0.287 e. The van der Waals surface area contributed by atoms with Gasteiger partial charge in [-0.1, -0.05) is 6.07 Å². The monoisotopic (exact) mass is 399 g/mol. The molecule has 2 aromatic heterocycles. The molecule has 3 heterocycles. The number of aryl methyl sites for hydroxylation is 1. The Hall–Kier alpha value is -2.78. The molecular weight excluding hydrogens is 378 g/mol. The van der Waals surface area contributed by atoms with E-state index in [-0.39, 0.29) is 17.9 Å². The molecule has 9 heteroatoms. The van der Waals surface area contributed by atoms with Crippen LogP contribution in [0.2, 0.25) is 0 Å². The predicted octanol–water partition coefficient (Wildman–Crippen LogP) is 2.43. The minimum atomic E-state index is -0.186. The Morgan fingerprint density at radius 2 is 2.04 bits per heavy atom. The number of aromatic nitrogens is 2. The van der Waals surface area contributed by atoms with Gasteiger partial charge in [0.15, 0.2) is 5.76 Å². The van der Waals surface area contributed by atoms with Crippen LogP contribution >= 0.6 is 11.7 Å². The van der Waals surface area contributed by atoms with Gasteiger partial charge in [0, 0.05) is 19.1 Å². The van der Waals surface area contributed by atoms with Crippen LogP contribution in [0.25, 0.3) is 11.0 Å². The predicted molar refractivity (Wildman–Crippen MR) is 106 cm³/mol. The van der Waals surface area contributed by atoms with E-state index in [1.807, 2.05) is 25.1 Å². The fraction of sp³-hybridized carbons (Fsp3) is 0.368. The van der Waals surface area contributed by atoms with E-state index in [0.717, 1.165) is 54.5 Å². The maximum atomic E-state index is 12.4. The van der Waals surface area contributed by atoms with Gasteiger partial charge in [0.25, 0.3) is 5.91 Å². The summed E-state index contributed by atoms with van der Waals surface area (Å²) in [7, 11) is 0. The van der Waals surface area contributed by atoms with Gasteiger partial charge in [-0.05, 0) is 44.0 Å². The summed E-state index contributed by atoms with van der Waals surface area (Å²) in [6.07, 6.45) is 1.59. The Balaban J connectivity index is 1.25. The summed E-state index contributed by atoms with van der Waals surface area (Å²) < 4.78 is 13.8. The van der Waals surface area contributed by atoms with E-state index < -0.39 is 0 Å². The number of piperidine rings is 1. The van der Waals surface area contributed by atoms with Crippen LogP contribution in [0.3, 0.4) is 0 Å². The van der Waals surface area contributed by atoms with E-state index in [1.165, 1.54) is 0 Å². The summed E-state index contributed by atoms with van der Waals surface area (Å²) >= 11 is 1.13. The van der Waals surface area contributed by atoms with Gasteiger partial charge >= 0.3 is 0 Å². The largest absolute Gasteiger partial charge is 0.456 e. The molecule has 146 valence electrons. The number of hydrogen-bond acceptors (Lipinski definition) is 7. The Morgan fingerprint density at radius 3 is 2.79 bits per heavy atom. The second-order valence-corrected chi connectivity index (χ2v) is 7.45. The molecule has 0 aliphatic carbocycles. The third-order valence-electron chi connectivity index (χ3n) is 4.81. The first-order chi connectivity index (χ1) is 13.6. The van der Waals surface area contributed by atoms with E-state index in [0.29, 0.717) is 18.0 Å². The van der Waals surface area contributed by atoms with Crippen molar-refractivity contribution in [3.8, 4) is 0 Å². The lowest BCUT2D eigenvalue weighted by atomic mass is 10.0. The van der Waals surface area contributed by atoms with E-state index in [9.17, 15) is 9.59 Å². The number of fused-ring (bicyclic) bond motifs is 1. The van der Waals surface area contributed by atoms with Gasteiger partial charge in [0.1, 0.15) is 16.8 Å². The molecule has 4 rings (SSSR count). The van der Waals surface area contributed by atoms with Gasteiger partial charge in [-0.25, -0.2) is 0 Å². The lowest BCUT2D eigenvalue weighted by Gasteiger charge is -2.31. The highest BCUT2D eigenvalue weighted by atomic mass is 32.1. The first kappa shape index (κ1) is 18.6. The zero-order valence-corrected chi connectivity index (χ0v) is 16.3. The van der Waals surface area contributed by atoms with E-state index in [2.05, 4.69) is 24.3 Å². The molecule has 1 saturated heterocycles. The summed E-state index contributed by atoms with van der Waals surface area (Å²) in [4.78, 5) is 26.7. The van der Waals surface area contributed by atoms with Crippen molar-refractivity contribution in [1.82, 2.24) is 19.0 Å². The van der Waals surface area contributed by atoms with E-state index in [1.54, 1.807) is 12.1 Å². The Labute approximate surface area is 166 Å². The second kappa shape index (κ2) is 8.07. The van der Waals surface area contributed by atoms with Crippen molar-refractivity contribution in [2.24, 2.45) is 0 Å². The number of nitrogens with zero attached hydrogens (tertiary/aromatic N) is 3. The topological polar surface area (TPSA) is 100 Å². The average molecular weight is 399 g/mol. The standard InChI is InChI=1S/C19H21N5O3S/c1-12-5-6-16(27-12)19(26)20-13-7-9-24(10-8-13)11-17(25)21-14-3-2-4-15-18(14)23-28-22-15/h2-6,13H,7-11H2,1H3,(H,20,26)(H,21,25). The van der Waals surface area contributed by atoms with Crippen LogP contribution < -0.4 is 10.6 Å². The SMILES string of the molecule is Cc1ccc(C(=O)NC2CCN(CC(=O)Nc3cccc4nsnc34)CC2)o1. The van der Waals surface area contributed by atoms with Crippen molar-refractivity contribution in [3.05, 3.63) is 41.9 Å². The zero-order chi connectivity index (χ0) is 19.5. The molecule has 3 aromatic rings. The summed E-state index contributed by atoms with van der Waals surface area (Å²) in [5.74, 6) is 0.795. The van der Waals surface area contributed by atoms with Gasteiger partial charge in [-0.2, -0.15) is 8.75 Å². The van der Waals surface area contributed by atoms with E-state index in [4.69, 9.17) is 4.42 Å². The minimum Gasteiger partial charge on any atom is -0.456 e.